The van der Waals surface area contributed by atoms with Crippen molar-refractivity contribution in [2.45, 2.75) is 19.4 Å². The second-order valence-electron chi connectivity index (χ2n) is 5.48. The van der Waals surface area contributed by atoms with Crippen LogP contribution >= 0.6 is 0 Å². The van der Waals surface area contributed by atoms with E-state index in [1.54, 1.807) is 7.11 Å². The summed E-state index contributed by atoms with van der Waals surface area (Å²) in [5.74, 6) is 0.198. The molecule has 19 heavy (non-hydrogen) atoms. The van der Waals surface area contributed by atoms with E-state index in [9.17, 15) is 4.79 Å². The molecular weight excluding hydrogens is 242 g/mol. The predicted octanol–water partition coefficient (Wildman–Crippen LogP) is 2.33. The number of aliphatic carboxylic acids is 1. The average Bonchev–Trinajstić information content (AvgIpc) is 3.09. The normalized spacial score (nSPS) is 23.2. The van der Waals surface area contributed by atoms with Crippen molar-refractivity contribution in [2.24, 2.45) is 11.8 Å². The topological polar surface area (TPSA) is 49.8 Å². The molecule has 0 amide bonds. The first-order valence-electron chi connectivity index (χ1n) is 6.49. The molecule has 1 N–H and O–H groups in total. The summed E-state index contributed by atoms with van der Waals surface area (Å²) >= 11 is 0. The third-order valence-corrected chi connectivity index (χ3v) is 3.88. The summed E-state index contributed by atoms with van der Waals surface area (Å²) in [6.07, 6.45) is 0.767. The smallest absolute Gasteiger partial charge is 0.306 e. The molecule has 0 heterocycles. The molecule has 0 saturated heterocycles. The van der Waals surface area contributed by atoms with Crippen LogP contribution in [0.1, 0.15) is 23.6 Å². The number of carbonyl (C=O) groups is 1. The molecule has 1 aliphatic rings. The molecule has 0 bridgehead atoms. The number of carboxylic acids is 1. The van der Waals surface area contributed by atoms with Gasteiger partial charge >= 0.3 is 5.97 Å². The van der Waals surface area contributed by atoms with Crippen molar-refractivity contribution >= 4 is 5.97 Å². The van der Waals surface area contributed by atoms with Gasteiger partial charge in [-0.25, -0.2) is 0 Å². The molecule has 1 aliphatic carbocycles. The molecule has 1 saturated carbocycles. The van der Waals surface area contributed by atoms with E-state index in [2.05, 4.69) is 11.0 Å². The average molecular weight is 263 g/mol. The van der Waals surface area contributed by atoms with Crippen molar-refractivity contribution in [2.75, 3.05) is 21.2 Å². The summed E-state index contributed by atoms with van der Waals surface area (Å²) in [5, 5.41) is 9.10. The maximum absolute atomic E-state index is 11.1. The van der Waals surface area contributed by atoms with Crippen LogP contribution in [0.5, 0.6) is 5.75 Å². The fraction of sp³-hybridized carbons (Fsp3) is 0.533. The summed E-state index contributed by atoms with van der Waals surface area (Å²) in [7, 11) is 5.66. The summed E-state index contributed by atoms with van der Waals surface area (Å²) < 4.78 is 5.27. The summed E-state index contributed by atoms with van der Waals surface area (Å²) in [6, 6.07) is 6.25. The van der Waals surface area contributed by atoms with Crippen molar-refractivity contribution in [3.05, 3.63) is 29.3 Å². The van der Waals surface area contributed by atoms with Gasteiger partial charge < -0.3 is 14.7 Å². The van der Waals surface area contributed by atoms with Crippen molar-refractivity contribution in [3.8, 4) is 5.75 Å². The first-order chi connectivity index (χ1) is 8.95. The molecule has 1 fully saturated rings. The van der Waals surface area contributed by atoms with Gasteiger partial charge in [0.2, 0.25) is 0 Å². The highest BCUT2D eigenvalue weighted by molar-refractivity contribution is 5.73. The Kier molecular flexibility index (Phi) is 3.80. The number of benzene rings is 1. The molecule has 1 aromatic carbocycles. The zero-order valence-corrected chi connectivity index (χ0v) is 11.9. The molecule has 0 aliphatic heterocycles. The van der Waals surface area contributed by atoms with Crippen LogP contribution in [0.25, 0.3) is 0 Å². The van der Waals surface area contributed by atoms with Gasteiger partial charge in [-0.05, 0) is 50.6 Å². The monoisotopic (exact) mass is 263 g/mol. The van der Waals surface area contributed by atoms with Gasteiger partial charge in [-0.2, -0.15) is 0 Å². The molecule has 2 rings (SSSR count). The Bertz CT molecular complexity index is 484. The molecule has 3 atom stereocenters. The Hall–Kier alpha value is -1.55. The number of hydrogen-bond donors (Lipinski definition) is 1. The van der Waals surface area contributed by atoms with Gasteiger partial charge in [0.15, 0.2) is 0 Å². The maximum atomic E-state index is 11.1. The number of carboxylic acid groups (broad SMARTS) is 1. The Balaban J connectivity index is 2.26. The highest BCUT2D eigenvalue weighted by Crippen LogP contribution is 2.49. The lowest BCUT2D eigenvalue weighted by molar-refractivity contribution is -0.139. The highest BCUT2D eigenvalue weighted by Gasteiger charge is 2.49. The fourth-order valence-corrected chi connectivity index (χ4v) is 2.86. The molecule has 4 heteroatoms. The van der Waals surface area contributed by atoms with E-state index in [0.29, 0.717) is 0 Å². The van der Waals surface area contributed by atoms with Gasteiger partial charge in [-0.15, -0.1) is 0 Å². The van der Waals surface area contributed by atoms with Crippen LogP contribution in [0.15, 0.2) is 18.2 Å². The van der Waals surface area contributed by atoms with Crippen LogP contribution in [0.3, 0.4) is 0 Å². The van der Waals surface area contributed by atoms with E-state index in [-0.39, 0.29) is 17.9 Å². The van der Waals surface area contributed by atoms with Crippen molar-refractivity contribution in [1.82, 2.24) is 4.90 Å². The number of ether oxygens (including phenoxy) is 1. The van der Waals surface area contributed by atoms with Gasteiger partial charge in [-0.1, -0.05) is 12.1 Å². The zero-order valence-electron chi connectivity index (χ0n) is 11.9. The maximum Gasteiger partial charge on any atom is 0.306 e. The number of nitrogens with zero attached hydrogens (tertiary/aromatic N) is 1. The van der Waals surface area contributed by atoms with E-state index < -0.39 is 5.97 Å². The third kappa shape index (κ3) is 2.73. The molecule has 3 unspecified atom stereocenters. The van der Waals surface area contributed by atoms with Gasteiger partial charge in [-0.3, -0.25) is 4.79 Å². The second-order valence-corrected chi connectivity index (χ2v) is 5.48. The molecule has 0 spiro atoms. The number of rotatable bonds is 5. The third-order valence-electron chi connectivity index (χ3n) is 3.88. The van der Waals surface area contributed by atoms with E-state index in [4.69, 9.17) is 9.84 Å². The van der Waals surface area contributed by atoms with E-state index in [1.807, 2.05) is 33.2 Å². The minimum atomic E-state index is -0.679. The highest BCUT2D eigenvalue weighted by atomic mass is 16.5. The second kappa shape index (κ2) is 5.21. The first-order valence-corrected chi connectivity index (χ1v) is 6.49. The Morgan fingerprint density at radius 2 is 2.16 bits per heavy atom. The minimum absolute atomic E-state index is 0.158. The molecule has 4 nitrogen and oxygen atoms in total. The number of methoxy groups -OCH3 is 1. The predicted molar refractivity (Wildman–Crippen MR) is 73.4 cm³/mol. The van der Waals surface area contributed by atoms with Gasteiger partial charge in [0.25, 0.3) is 0 Å². The van der Waals surface area contributed by atoms with Gasteiger partial charge in [0, 0.05) is 6.04 Å². The van der Waals surface area contributed by atoms with Crippen LogP contribution in [0.4, 0.5) is 0 Å². The Labute approximate surface area is 114 Å². The fourth-order valence-electron chi connectivity index (χ4n) is 2.86. The van der Waals surface area contributed by atoms with Crippen LogP contribution in [0.2, 0.25) is 0 Å². The Morgan fingerprint density at radius 3 is 2.58 bits per heavy atom. The van der Waals surface area contributed by atoms with Gasteiger partial charge in [0.1, 0.15) is 5.75 Å². The summed E-state index contributed by atoms with van der Waals surface area (Å²) in [5.41, 5.74) is 2.25. The lowest BCUT2D eigenvalue weighted by Crippen LogP contribution is -2.23. The molecular formula is C15H21NO3. The summed E-state index contributed by atoms with van der Waals surface area (Å²) in [4.78, 5) is 13.2. The zero-order chi connectivity index (χ0) is 14.2. The van der Waals surface area contributed by atoms with Crippen molar-refractivity contribution in [1.29, 1.82) is 0 Å². The van der Waals surface area contributed by atoms with Crippen molar-refractivity contribution in [3.63, 3.8) is 0 Å². The molecule has 0 aromatic heterocycles. The van der Waals surface area contributed by atoms with Crippen LogP contribution in [-0.4, -0.2) is 37.2 Å². The molecule has 1 aromatic rings. The first kappa shape index (κ1) is 13.9. The lowest BCUT2D eigenvalue weighted by Gasteiger charge is -2.25. The molecule has 104 valence electrons. The van der Waals surface area contributed by atoms with Crippen LogP contribution in [-0.2, 0) is 4.79 Å². The van der Waals surface area contributed by atoms with E-state index >= 15 is 0 Å². The minimum Gasteiger partial charge on any atom is -0.496 e. The quantitative estimate of drug-likeness (QED) is 0.885. The van der Waals surface area contributed by atoms with Crippen LogP contribution < -0.4 is 4.74 Å². The number of hydrogen-bond acceptors (Lipinski definition) is 3. The SMILES string of the molecule is COc1ccc(C(C2CC2C(=O)O)N(C)C)cc1C. The summed E-state index contributed by atoms with van der Waals surface area (Å²) in [6.45, 7) is 2.01. The van der Waals surface area contributed by atoms with Crippen molar-refractivity contribution < 1.29 is 14.6 Å². The standard InChI is InChI=1S/C15H21NO3/c1-9-7-10(5-6-13(9)19-4)14(16(2)3)11-8-12(11)15(17)18/h5-7,11-12,14H,8H2,1-4H3,(H,17,18). The lowest BCUT2D eigenvalue weighted by atomic mass is 9.98. The Morgan fingerprint density at radius 1 is 1.47 bits per heavy atom. The van der Waals surface area contributed by atoms with Crippen LogP contribution in [0, 0.1) is 18.8 Å². The largest absolute Gasteiger partial charge is 0.496 e. The van der Waals surface area contributed by atoms with E-state index in [1.165, 1.54) is 0 Å². The molecule has 0 radical (unpaired) electrons. The van der Waals surface area contributed by atoms with E-state index in [0.717, 1.165) is 23.3 Å². The number of aryl methyl sites for hydroxylation is 1. The van der Waals surface area contributed by atoms with Gasteiger partial charge in [0.05, 0.1) is 13.0 Å².